The number of hydrogen-bond donors (Lipinski definition) is 2. The summed E-state index contributed by atoms with van der Waals surface area (Å²) in [6.45, 7) is 1.26. The van der Waals surface area contributed by atoms with Crippen molar-refractivity contribution in [2.24, 2.45) is 0 Å². The van der Waals surface area contributed by atoms with Crippen LogP contribution in [0.2, 0.25) is 0 Å². The van der Waals surface area contributed by atoms with Crippen LogP contribution < -0.4 is 10.6 Å². The van der Waals surface area contributed by atoms with Crippen LogP contribution in [0, 0.1) is 0 Å². The Bertz CT molecular complexity index is 740. The molecule has 0 heterocycles. The third-order valence-electron chi connectivity index (χ3n) is 3.31. The van der Waals surface area contributed by atoms with Gasteiger partial charge in [-0.3, -0.25) is 9.59 Å². The molecule has 0 aliphatic rings. The van der Waals surface area contributed by atoms with E-state index in [2.05, 4.69) is 15.4 Å². The molecule has 2 amide bonds. The normalized spacial score (nSPS) is 12.2. The van der Waals surface area contributed by atoms with E-state index < -0.39 is 29.8 Å². The molecule has 0 radical (unpaired) electrons. The second-order valence-corrected chi connectivity index (χ2v) is 5.33. The molecular formula is C19H22N2O6. The Morgan fingerprint density at radius 3 is 2.30 bits per heavy atom. The molecule has 1 aromatic carbocycles. The molecule has 0 aliphatic heterocycles. The summed E-state index contributed by atoms with van der Waals surface area (Å²) in [6, 6.07) is 7.54. The predicted octanol–water partition coefficient (Wildman–Crippen LogP) is 1.10. The first-order valence-corrected chi connectivity index (χ1v) is 8.05. The summed E-state index contributed by atoms with van der Waals surface area (Å²) in [5.41, 5.74) is 0.359. The summed E-state index contributed by atoms with van der Waals surface area (Å²) >= 11 is 0. The molecular weight excluding hydrogens is 352 g/mol. The van der Waals surface area contributed by atoms with Gasteiger partial charge in [0.25, 0.3) is 5.91 Å². The average Bonchev–Trinajstić information content (AvgIpc) is 2.68. The van der Waals surface area contributed by atoms with Crippen LogP contribution in [0.15, 0.2) is 54.3 Å². The summed E-state index contributed by atoms with van der Waals surface area (Å²) in [5.74, 6) is -2.16. The van der Waals surface area contributed by atoms with Gasteiger partial charge in [0.1, 0.15) is 11.7 Å². The van der Waals surface area contributed by atoms with Crippen LogP contribution in [-0.4, -0.2) is 44.0 Å². The molecule has 8 heteroatoms. The van der Waals surface area contributed by atoms with Crippen molar-refractivity contribution in [2.75, 3.05) is 14.2 Å². The smallest absolute Gasteiger partial charge is 0.354 e. The minimum absolute atomic E-state index is 0.0517. The molecule has 0 spiro atoms. The van der Waals surface area contributed by atoms with Crippen molar-refractivity contribution in [3.05, 3.63) is 59.8 Å². The Balaban J connectivity index is 2.81. The van der Waals surface area contributed by atoms with Gasteiger partial charge >= 0.3 is 11.9 Å². The maximum Gasteiger partial charge on any atom is 0.354 e. The fourth-order valence-corrected chi connectivity index (χ4v) is 2.03. The van der Waals surface area contributed by atoms with Crippen LogP contribution in [-0.2, 0) is 23.9 Å². The number of allylic oxidation sites excluding steroid dienone is 2. The van der Waals surface area contributed by atoms with Gasteiger partial charge in [0.15, 0.2) is 0 Å². The molecule has 0 fully saturated rings. The molecule has 1 atom stereocenters. The van der Waals surface area contributed by atoms with Gasteiger partial charge in [-0.05, 0) is 24.6 Å². The quantitative estimate of drug-likeness (QED) is 0.400. The number of hydrogen-bond acceptors (Lipinski definition) is 6. The highest BCUT2D eigenvalue weighted by atomic mass is 16.5. The molecule has 0 aromatic heterocycles. The van der Waals surface area contributed by atoms with E-state index in [9.17, 15) is 19.2 Å². The lowest BCUT2D eigenvalue weighted by Gasteiger charge is -2.14. The SMILES string of the molecule is COC(=O)C(=CC=CC[C@H](NC(=O)c1ccccc1)C(=O)OC)NC(C)=O. The van der Waals surface area contributed by atoms with E-state index in [1.54, 1.807) is 36.4 Å². The maximum atomic E-state index is 12.2. The number of benzene rings is 1. The first-order chi connectivity index (χ1) is 12.9. The zero-order valence-corrected chi connectivity index (χ0v) is 15.4. The molecule has 0 saturated carbocycles. The van der Waals surface area contributed by atoms with Crippen LogP contribution in [0.25, 0.3) is 0 Å². The van der Waals surface area contributed by atoms with Crippen molar-refractivity contribution in [2.45, 2.75) is 19.4 Å². The van der Waals surface area contributed by atoms with Crippen LogP contribution in [0.5, 0.6) is 0 Å². The first kappa shape index (κ1) is 21.6. The van der Waals surface area contributed by atoms with Crippen LogP contribution in [0.4, 0.5) is 0 Å². The number of methoxy groups -OCH3 is 2. The average molecular weight is 374 g/mol. The molecule has 0 saturated heterocycles. The largest absolute Gasteiger partial charge is 0.467 e. The van der Waals surface area contributed by atoms with Crippen molar-refractivity contribution in [1.82, 2.24) is 10.6 Å². The van der Waals surface area contributed by atoms with E-state index in [-0.39, 0.29) is 12.1 Å². The van der Waals surface area contributed by atoms with Gasteiger partial charge in [-0.25, -0.2) is 9.59 Å². The molecule has 144 valence electrons. The Hall–Kier alpha value is -3.42. The summed E-state index contributed by atoms with van der Waals surface area (Å²) in [7, 11) is 2.41. The monoisotopic (exact) mass is 374 g/mol. The molecule has 1 aromatic rings. The second-order valence-electron chi connectivity index (χ2n) is 5.33. The highest BCUT2D eigenvalue weighted by Gasteiger charge is 2.20. The topological polar surface area (TPSA) is 111 Å². The van der Waals surface area contributed by atoms with Gasteiger partial charge < -0.3 is 20.1 Å². The van der Waals surface area contributed by atoms with Gasteiger partial charge in [0.2, 0.25) is 5.91 Å². The summed E-state index contributed by atoms with van der Waals surface area (Å²) in [4.78, 5) is 46.8. The number of ether oxygens (including phenoxy) is 2. The fraction of sp³-hybridized carbons (Fsp3) is 0.263. The minimum Gasteiger partial charge on any atom is -0.467 e. The Morgan fingerprint density at radius 2 is 1.74 bits per heavy atom. The highest BCUT2D eigenvalue weighted by molar-refractivity contribution is 5.96. The highest BCUT2D eigenvalue weighted by Crippen LogP contribution is 2.03. The zero-order chi connectivity index (χ0) is 20.2. The Labute approximate surface area is 157 Å². The molecule has 0 unspecified atom stereocenters. The summed E-state index contributed by atoms with van der Waals surface area (Å²) < 4.78 is 9.26. The van der Waals surface area contributed by atoms with Crippen LogP contribution in [0.3, 0.4) is 0 Å². The molecule has 0 aliphatic carbocycles. The number of esters is 2. The molecule has 27 heavy (non-hydrogen) atoms. The van der Waals surface area contributed by atoms with Crippen molar-refractivity contribution in [1.29, 1.82) is 0 Å². The van der Waals surface area contributed by atoms with E-state index in [1.807, 2.05) is 0 Å². The van der Waals surface area contributed by atoms with Crippen LogP contribution in [0.1, 0.15) is 23.7 Å². The number of carbonyl (C=O) groups is 4. The van der Waals surface area contributed by atoms with Gasteiger partial charge in [0, 0.05) is 12.5 Å². The summed E-state index contributed by atoms with van der Waals surface area (Å²) in [5, 5.41) is 4.93. The minimum atomic E-state index is -0.908. The molecule has 0 bridgehead atoms. The Kier molecular flexibility index (Phi) is 9.01. The molecule has 2 N–H and O–H groups in total. The van der Waals surface area contributed by atoms with Crippen LogP contribution >= 0.6 is 0 Å². The zero-order valence-electron chi connectivity index (χ0n) is 15.4. The lowest BCUT2D eigenvalue weighted by Crippen LogP contribution is -2.41. The van der Waals surface area contributed by atoms with Gasteiger partial charge in [-0.1, -0.05) is 30.4 Å². The predicted molar refractivity (Wildman–Crippen MR) is 97.4 cm³/mol. The molecule has 1 rings (SSSR count). The first-order valence-electron chi connectivity index (χ1n) is 8.05. The lowest BCUT2D eigenvalue weighted by molar-refractivity contribution is -0.142. The molecule has 8 nitrogen and oxygen atoms in total. The number of amides is 2. The van der Waals surface area contributed by atoms with Crippen molar-refractivity contribution < 1.29 is 28.7 Å². The third kappa shape index (κ3) is 7.55. The fourth-order valence-electron chi connectivity index (χ4n) is 2.03. The third-order valence-corrected chi connectivity index (χ3v) is 3.31. The van der Waals surface area contributed by atoms with E-state index in [0.717, 1.165) is 0 Å². The standard InChI is InChI=1S/C19H22N2O6/c1-13(22)20-15(18(24)26-2)11-7-8-12-16(19(25)27-3)21-17(23)14-9-5-4-6-10-14/h4-11,16H,12H2,1-3H3,(H,20,22)(H,21,23)/t16-/m0/s1. The number of rotatable bonds is 8. The van der Waals surface area contributed by atoms with Gasteiger partial charge in [-0.2, -0.15) is 0 Å². The van der Waals surface area contributed by atoms with E-state index in [1.165, 1.54) is 33.3 Å². The maximum absolute atomic E-state index is 12.2. The van der Waals surface area contributed by atoms with E-state index in [4.69, 9.17) is 4.74 Å². The van der Waals surface area contributed by atoms with Crippen molar-refractivity contribution in [3.8, 4) is 0 Å². The van der Waals surface area contributed by atoms with Gasteiger partial charge in [-0.15, -0.1) is 0 Å². The number of nitrogens with one attached hydrogen (secondary N) is 2. The summed E-state index contributed by atoms with van der Waals surface area (Å²) in [6.07, 6.45) is 4.47. The van der Waals surface area contributed by atoms with Gasteiger partial charge in [0.05, 0.1) is 14.2 Å². The van der Waals surface area contributed by atoms with Crippen molar-refractivity contribution >= 4 is 23.8 Å². The number of carbonyl (C=O) groups excluding carboxylic acids is 4. The lowest BCUT2D eigenvalue weighted by atomic mass is 10.1. The van der Waals surface area contributed by atoms with E-state index >= 15 is 0 Å². The second kappa shape index (κ2) is 11.2. The van der Waals surface area contributed by atoms with Crippen molar-refractivity contribution in [3.63, 3.8) is 0 Å². The van der Waals surface area contributed by atoms with E-state index in [0.29, 0.717) is 5.56 Å². The Morgan fingerprint density at radius 1 is 1.07 bits per heavy atom.